The lowest BCUT2D eigenvalue weighted by atomic mass is 9.93. The summed E-state index contributed by atoms with van der Waals surface area (Å²) in [6.45, 7) is 0. The molecule has 20 heavy (non-hydrogen) atoms. The van der Waals surface area contributed by atoms with Crippen LogP contribution in [-0.2, 0) is 6.18 Å². The fourth-order valence-electron chi connectivity index (χ4n) is 2.25. The number of carbonyl (C=O) groups excluding carboxylic acids is 1. The van der Waals surface area contributed by atoms with Crippen LogP contribution in [0.1, 0.15) is 35.2 Å². The third kappa shape index (κ3) is 3.75. The van der Waals surface area contributed by atoms with Crippen molar-refractivity contribution in [1.29, 1.82) is 0 Å². The van der Waals surface area contributed by atoms with Crippen LogP contribution in [0.25, 0.3) is 0 Å². The van der Waals surface area contributed by atoms with Crippen LogP contribution in [0.3, 0.4) is 0 Å². The molecule has 110 valence electrons. The zero-order chi connectivity index (χ0) is 14.8. The zero-order valence-electron chi connectivity index (χ0n) is 10.7. The van der Waals surface area contributed by atoms with Gasteiger partial charge in [0.15, 0.2) is 5.78 Å². The van der Waals surface area contributed by atoms with Crippen molar-refractivity contribution in [3.63, 3.8) is 0 Å². The Morgan fingerprint density at radius 3 is 2.50 bits per heavy atom. The average Bonchev–Trinajstić information content (AvgIpc) is 2.39. The molecule has 0 unspecified atom stereocenters. The highest BCUT2D eigenvalue weighted by atomic mass is 32.2. The SMILES string of the molecule is O=C(CC1CCSCC1)c1ccc(F)c(C(F)(F)F)c1. The molecule has 2 rings (SSSR count). The molecule has 0 saturated carbocycles. The predicted octanol–water partition coefficient (Wildman–Crippen LogP) is 4.56. The maximum atomic E-state index is 13.2. The molecule has 1 heterocycles. The Balaban J connectivity index is 2.13. The van der Waals surface area contributed by atoms with E-state index in [0.717, 1.165) is 30.4 Å². The Morgan fingerprint density at radius 1 is 1.25 bits per heavy atom. The fourth-order valence-corrected chi connectivity index (χ4v) is 3.45. The maximum Gasteiger partial charge on any atom is 0.419 e. The van der Waals surface area contributed by atoms with Gasteiger partial charge >= 0.3 is 6.18 Å². The molecule has 1 aliphatic rings. The van der Waals surface area contributed by atoms with Crippen LogP contribution in [0.5, 0.6) is 0 Å². The van der Waals surface area contributed by atoms with Gasteiger partial charge in [-0.1, -0.05) is 0 Å². The Labute approximate surface area is 118 Å². The summed E-state index contributed by atoms with van der Waals surface area (Å²) >= 11 is 1.82. The summed E-state index contributed by atoms with van der Waals surface area (Å²) < 4.78 is 50.9. The maximum absolute atomic E-state index is 13.2. The summed E-state index contributed by atoms with van der Waals surface area (Å²) in [5.74, 6) is 0.503. The number of alkyl halides is 3. The lowest BCUT2D eigenvalue weighted by Crippen LogP contribution is -2.16. The molecule has 1 fully saturated rings. The van der Waals surface area contributed by atoms with Crippen molar-refractivity contribution in [2.45, 2.75) is 25.4 Å². The molecule has 0 spiro atoms. The number of halogens is 4. The van der Waals surface area contributed by atoms with E-state index < -0.39 is 17.6 Å². The van der Waals surface area contributed by atoms with E-state index >= 15 is 0 Å². The van der Waals surface area contributed by atoms with Gasteiger partial charge in [-0.25, -0.2) is 4.39 Å². The molecule has 1 nitrogen and oxygen atoms in total. The minimum absolute atomic E-state index is 0.0584. The smallest absolute Gasteiger partial charge is 0.294 e. The van der Waals surface area contributed by atoms with Crippen molar-refractivity contribution in [2.75, 3.05) is 11.5 Å². The van der Waals surface area contributed by atoms with E-state index in [-0.39, 0.29) is 23.7 Å². The molecule has 1 aliphatic heterocycles. The van der Waals surface area contributed by atoms with Gasteiger partial charge in [0.05, 0.1) is 5.56 Å². The van der Waals surface area contributed by atoms with Gasteiger partial charge in [-0.15, -0.1) is 0 Å². The van der Waals surface area contributed by atoms with Gasteiger partial charge in [-0.2, -0.15) is 24.9 Å². The van der Waals surface area contributed by atoms with Crippen LogP contribution in [0.2, 0.25) is 0 Å². The van der Waals surface area contributed by atoms with Gasteiger partial charge in [0.1, 0.15) is 5.82 Å². The van der Waals surface area contributed by atoms with Gasteiger partial charge in [0.25, 0.3) is 0 Å². The van der Waals surface area contributed by atoms with Crippen LogP contribution in [0, 0.1) is 11.7 Å². The number of carbonyl (C=O) groups is 1. The number of thioether (sulfide) groups is 1. The summed E-state index contributed by atoms with van der Waals surface area (Å²) in [4.78, 5) is 12.0. The highest BCUT2D eigenvalue weighted by Crippen LogP contribution is 2.33. The van der Waals surface area contributed by atoms with Gasteiger partial charge in [-0.05, 0) is 48.5 Å². The largest absolute Gasteiger partial charge is 0.419 e. The van der Waals surface area contributed by atoms with E-state index in [1.807, 2.05) is 11.8 Å². The lowest BCUT2D eigenvalue weighted by Gasteiger charge is -2.20. The number of rotatable bonds is 3. The Hall–Kier alpha value is -1.04. The standard InChI is InChI=1S/C14H14F4OS/c15-12-2-1-10(8-11(12)14(16,17)18)13(19)7-9-3-5-20-6-4-9/h1-2,8-9H,3-7H2. The van der Waals surface area contributed by atoms with Crippen LogP contribution in [0.15, 0.2) is 18.2 Å². The van der Waals surface area contributed by atoms with Crippen LogP contribution in [-0.4, -0.2) is 17.3 Å². The quantitative estimate of drug-likeness (QED) is 0.601. The first-order valence-corrected chi connectivity index (χ1v) is 7.51. The second kappa shape index (κ2) is 6.16. The van der Waals surface area contributed by atoms with Crippen molar-refractivity contribution in [1.82, 2.24) is 0 Å². The normalized spacial score (nSPS) is 17.2. The molecule has 0 bridgehead atoms. The fraction of sp³-hybridized carbons (Fsp3) is 0.500. The molecule has 1 aromatic rings. The van der Waals surface area contributed by atoms with Crippen LogP contribution >= 0.6 is 11.8 Å². The highest BCUT2D eigenvalue weighted by Gasteiger charge is 2.34. The third-order valence-corrected chi connectivity index (χ3v) is 4.46. The van der Waals surface area contributed by atoms with Gasteiger partial charge in [-0.3, -0.25) is 4.79 Å². The summed E-state index contributed by atoms with van der Waals surface area (Å²) in [5.41, 5.74) is -1.43. The number of hydrogen-bond donors (Lipinski definition) is 0. The number of ketones is 1. The summed E-state index contributed by atoms with van der Waals surface area (Å²) in [6.07, 6.45) is -2.72. The van der Waals surface area contributed by atoms with Crippen molar-refractivity contribution >= 4 is 17.5 Å². The zero-order valence-corrected chi connectivity index (χ0v) is 11.5. The second-order valence-electron chi connectivity index (χ2n) is 4.88. The Bertz CT molecular complexity index is 492. The Morgan fingerprint density at radius 2 is 1.90 bits per heavy atom. The predicted molar refractivity (Wildman–Crippen MR) is 70.4 cm³/mol. The van der Waals surface area contributed by atoms with Crippen LogP contribution < -0.4 is 0 Å². The number of benzene rings is 1. The van der Waals surface area contributed by atoms with Crippen molar-refractivity contribution in [3.8, 4) is 0 Å². The van der Waals surface area contributed by atoms with E-state index in [0.29, 0.717) is 12.1 Å². The molecule has 6 heteroatoms. The van der Waals surface area contributed by atoms with E-state index in [1.54, 1.807) is 0 Å². The Kier molecular flexibility index (Phi) is 4.73. The second-order valence-corrected chi connectivity index (χ2v) is 6.10. The molecule has 0 N–H and O–H groups in total. The van der Waals surface area contributed by atoms with E-state index in [2.05, 4.69) is 0 Å². The van der Waals surface area contributed by atoms with E-state index in [9.17, 15) is 22.4 Å². The number of Topliss-reactive ketones (excluding diaryl/α,β-unsaturated/α-hetero) is 1. The van der Waals surface area contributed by atoms with Crippen LogP contribution in [0.4, 0.5) is 17.6 Å². The molecular formula is C14H14F4OS. The molecule has 0 atom stereocenters. The third-order valence-electron chi connectivity index (χ3n) is 3.41. The summed E-state index contributed by atoms with van der Waals surface area (Å²) in [7, 11) is 0. The van der Waals surface area contributed by atoms with E-state index in [1.165, 1.54) is 0 Å². The first kappa shape index (κ1) is 15.4. The first-order valence-electron chi connectivity index (χ1n) is 6.35. The molecule has 1 saturated heterocycles. The van der Waals surface area contributed by atoms with Crippen molar-refractivity contribution < 1.29 is 22.4 Å². The minimum atomic E-state index is -4.78. The highest BCUT2D eigenvalue weighted by molar-refractivity contribution is 7.99. The molecule has 0 radical (unpaired) electrons. The minimum Gasteiger partial charge on any atom is -0.294 e. The van der Waals surface area contributed by atoms with Gasteiger partial charge in [0.2, 0.25) is 0 Å². The number of hydrogen-bond acceptors (Lipinski definition) is 2. The lowest BCUT2D eigenvalue weighted by molar-refractivity contribution is -0.140. The molecular weight excluding hydrogens is 292 g/mol. The monoisotopic (exact) mass is 306 g/mol. The average molecular weight is 306 g/mol. The van der Waals surface area contributed by atoms with Gasteiger partial charge < -0.3 is 0 Å². The first-order chi connectivity index (χ1) is 9.38. The summed E-state index contributed by atoms with van der Waals surface area (Å²) in [5, 5.41) is 0. The molecule has 0 aliphatic carbocycles. The molecule has 1 aromatic carbocycles. The molecule has 0 amide bonds. The summed E-state index contributed by atoms with van der Waals surface area (Å²) in [6, 6.07) is 2.46. The van der Waals surface area contributed by atoms with E-state index in [4.69, 9.17) is 0 Å². The van der Waals surface area contributed by atoms with Gasteiger partial charge in [0, 0.05) is 12.0 Å². The molecule has 0 aromatic heterocycles. The van der Waals surface area contributed by atoms with Crippen molar-refractivity contribution in [3.05, 3.63) is 35.1 Å². The van der Waals surface area contributed by atoms with Crippen molar-refractivity contribution in [2.24, 2.45) is 5.92 Å². The topological polar surface area (TPSA) is 17.1 Å².